The number of carbonyl (C=O) groups is 1. The molecule has 2 aromatic heterocycles. The number of rotatable bonds is 2. The van der Waals surface area contributed by atoms with E-state index in [1.807, 2.05) is 36.4 Å². The molecule has 5 rings (SSSR count). The molecule has 2 aromatic carbocycles. The van der Waals surface area contributed by atoms with Crippen molar-refractivity contribution in [3.8, 4) is 22.5 Å². The summed E-state index contributed by atoms with van der Waals surface area (Å²) in [5, 5.41) is 4.30. The van der Waals surface area contributed by atoms with Gasteiger partial charge in [-0.3, -0.25) is 4.79 Å². The monoisotopic (exact) mass is 326 g/mol. The maximum atomic E-state index is 13.1. The van der Waals surface area contributed by atoms with Crippen molar-refractivity contribution in [3.05, 3.63) is 71.5 Å². The maximum absolute atomic E-state index is 13.1. The molecule has 5 heteroatoms. The highest BCUT2D eigenvalue weighted by atomic mass is 16.1. The van der Waals surface area contributed by atoms with Gasteiger partial charge in [-0.15, -0.1) is 0 Å². The van der Waals surface area contributed by atoms with Gasteiger partial charge in [0, 0.05) is 16.7 Å². The van der Waals surface area contributed by atoms with Crippen LogP contribution in [0.15, 0.2) is 54.9 Å². The average Bonchev–Trinajstić information content (AvgIpc) is 3.24. The lowest BCUT2D eigenvalue weighted by Gasteiger charge is -2.10. The summed E-state index contributed by atoms with van der Waals surface area (Å²) in [6, 6.07) is 15.8. The molecular weight excluding hydrogens is 312 g/mol. The molecule has 2 heterocycles. The number of aryl methyl sites for hydroxylation is 1. The largest absolute Gasteiger partial charge is 0.288 e. The predicted octanol–water partition coefficient (Wildman–Crippen LogP) is 3.57. The zero-order valence-electron chi connectivity index (χ0n) is 13.6. The molecule has 0 amide bonds. The van der Waals surface area contributed by atoms with E-state index in [0.717, 1.165) is 23.2 Å². The number of ketones is 1. The fourth-order valence-corrected chi connectivity index (χ4v) is 3.44. The standard InChI is InChI=1S/C20H14N4O/c1-2-12-7-9-13(10-8-12)18-16-17(23-20-21-11-22-24(18)20)14-5-3-4-6-15(14)19(16)25/h3-11H,2H2,1H3. The first kappa shape index (κ1) is 14.0. The van der Waals surface area contributed by atoms with E-state index in [2.05, 4.69) is 34.1 Å². The summed E-state index contributed by atoms with van der Waals surface area (Å²) in [6.07, 6.45) is 2.44. The summed E-state index contributed by atoms with van der Waals surface area (Å²) in [4.78, 5) is 21.9. The highest BCUT2D eigenvalue weighted by Gasteiger charge is 2.33. The summed E-state index contributed by atoms with van der Waals surface area (Å²) >= 11 is 0. The Morgan fingerprint density at radius 3 is 2.52 bits per heavy atom. The number of carbonyl (C=O) groups excluding carboxylic acids is 1. The van der Waals surface area contributed by atoms with Crippen LogP contribution in [-0.4, -0.2) is 25.4 Å². The molecule has 0 saturated heterocycles. The first-order valence-electron chi connectivity index (χ1n) is 8.25. The molecule has 1 aliphatic carbocycles. The third kappa shape index (κ3) is 1.89. The van der Waals surface area contributed by atoms with E-state index in [-0.39, 0.29) is 5.78 Å². The molecule has 0 bridgehead atoms. The Bertz CT molecular complexity index is 1140. The summed E-state index contributed by atoms with van der Waals surface area (Å²) in [6.45, 7) is 2.12. The van der Waals surface area contributed by atoms with Gasteiger partial charge in [0.05, 0.1) is 17.0 Å². The fourth-order valence-electron chi connectivity index (χ4n) is 3.44. The van der Waals surface area contributed by atoms with E-state index >= 15 is 0 Å². The summed E-state index contributed by atoms with van der Waals surface area (Å²) in [5.74, 6) is 0.489. The molecule has 0 unspecified atom stereocenters. The Balaban J connectivity index is 1.87. The van der Waals surface area contributed by atoms with E-state index in [9.17, 15) is 4.79 Å². The molecule has 0 N–H and O–H groups in total. The molecule has 25 heavy (non-hydrogen) atoms. The normalized spacial score (nSPS) is 12.4. The summed E-state index contributed by atoms with van der Waals surface area (Å²) in [7, 11) is 0. The number of aromatic nitrogens is 4. The minimum atomic E-state index is -0.00920. The Morgan fingerprint density at radius 1 is 1.00 bits per heavy atom. The molecular formula is C20H14N4O. The quantitative estimate of drug-likeness (QED) is 0.497. The van der Waals surface area contributed by atoms with Gasteiger partial charge in [-0.05, 0) is 12.0 Å². The SMILES string of the molecule is CCc1ccc(-c2c3c(nc4ncnn24)-c2ccccc2C3=O)cc1. The first-order chi connectivity index (χ1) is 12.3. The van der Waals surface area contributed by atoms with Gasteiger partial charge in [-0.2, -0.15) is 14.6 Å². The van der Waals surface area contributed by atoms with E-state index in [4.69, 9.17) is 0 Å². The molecule has 0 aliphatic heterocycles. The van der Waals surface area contributed by atoms with Crippen LogP contribution < -0.4 is 0 Å². The molecule has 1 aliphatic rings. The molecule has 0 spiro atoms. The zero-order chi connectivity index (χ0) is 17.0. The van der Waals surface area contributed by atoms with Gasteiger partial charge in [0.25, 0.3) is 5.78 Å². The van der Waals surface area contributed by atoms with Gasteiger partial charge in [0.1, 0.15) is 6.33 Å². The van der Waals surface area contributed by atoms with Gasteiger partial charge in [-0.25, -0.2) is 4.98 Å². The van der Waals surface area contributed by atoms with Crippen molar-refractivity contribution in [2.45, 2.75) is 13.3 Å². The zero-order valence-corrected chi connectivity index (χ0v) is 13.6. The Morgan fingerprint density at radius 2 is 1.76 bits per heavy atom. The van der Waals surface area contributed by atoms with Crippen LogP contribution in [0.3, 0.4) is 0 Å². The van der Waals surface area contributed by atoms with Crippen molar-refractivity contribution in [3.63, 3.8) is 0 Å². The third-order valence-corrected chi connectivity index (χ3v) is 4.72. The van der Waals surface area contributed by atoms with Crippen molar-refractivity contribution in [1.29, 1.82) is 0 Å². The van der Waals surface area contributed by atoms with E-state index in [1.54, 1.807) is 4.52 Å². The first-order valence-corrected chi connectivity index (χ1v) is 8.25. The van der Waals surface area contributed by atoms with Gasteiger partial charge < -0.3 is 0 Å². The Kier molecular flexibility index (Phi) is 2.85. The number of fused-ring (bicyclic) bond motifs is 4. The Labute approximate surface area is 144 Å². The van der Waals surface area contributed by atoms with Crippen LogP contribution in [0.2, 0.25) is 0 Å². The van der Waals surface area contributed by atoms with Crippen LogP contribution in [0, 0.1) is 0 Å². The van der Waals surface area contributed by atoms with Crippen LogP contribution >= 0.6 is 0 Å². The lowest BCUT2D eigenvalue weighted by molar-refractivity contribution is 0.104. The average molecular weight is 326 g/mol. The molecule has 0 atom stereocenters. The van der Waals surface area contributed by atoms with Crippen LogP contribution in [0.5, 0.6) is 0 Å². The lowest BCUT2D eigenvalue weighted by Crippen LogP contribution is -2.06. The molecule has 0 saturated carbocycles. The van der Waals surface area contributed by atoms with E-state index in [0.29, 0.717) is 22.6 Å². The van der Waals surface area contributed by atoms with Crippen LogP contribution in [0.4, 0.5) is 0 Å². The molecule has 0 fully saturated rings. The lowest BCUT2D eigenvalue weighted by atomic mass is 10.0. The van der Waals surface area contributed by atoms with Gasteiger partial charge in [0.15, 0.2) is 5.78 Å². The van der Waals surface area contributed by atoms with Crippen molar-refractivity contribution in [2.24, 2.45) is 0 Å². The topological polar surface area (TPSA) is 60.1 Å². The fraction of sp³-hybridized carbons (Fsp3) is 0.100. The second-order valence-corrected chi connectivity index (χ2v) is 6.08. The minimum Gasteiger partial charge on any atom is -0.288 e. The number of hydrogen-bond donors (Lipinski definition) is 0. The smallest absolute Gasteiger partial charge is 0.253 e. The highest BCUT2D eigenvalue weighted by Crippen LogP contribution is 2.40. The summed E-state index contributed by atoms with van der Waals surface area (Å²) in [5.41, 5.74) is 5.77. The number of benzene rings is 2. The van der Waals surface area contributed by atoms with Crippen molar-refractivity contribution in [1.82, 2.24) is 19.6 Å². The molecule has 0 radical (unpaired) electrons. The second-order valence-electron chi connectivity index (χ2n) is 6.08. The van der Waals surface area contributed by atoms with Gasteiger partial charge in [-0.1, -0.05) is 55.5 Å². The molecule has 5 nitrogen and oxygen atoms in total. The van der Waals surface area contributed by atoms with Crippen molar-refractivity contribution >= 4 is 11.6 Å². The van der Waals surface area contributed by atoms with Crippen LogP contribution in [0.25, 0.3) is 28.3 Å². The summed E-state index contributed by atoms with van der Waals surface area (Å²) < 4.78 is 1.66. The molecule has 120 valence electrons. The number of nitrogens with zero attached hydrogens (tertiary/aromatic N) is 4. The second kappa shape index (κ2) is 5.08. The number of hydrogen-bond acceptors (Lipinski definition) is 4. The maximum Gasteiger partial charge on any atom is 0.253 e. The van der Waals surface area contributed by atoms with Crippen molar-refractivity contribution < 1.29 is 4.79 Å². The van der Waals surface area contributed by atoms with E-state index in [1.165, 1.54) is 11.9 Å². The van der Waals surface area contributed by atoms with Crippen LogP contribution in [0.1, 0.15) is 28.4 Å². The Hall–Kier alpha value is -3.34. The van der Waals surface area contributed by atoms with Crippen LogP contribution in [-0.2, 0) is 6.42 Å². The van der Waals surface area contributed by atoms with Crippen molar-refractivity contribution in [2.75, 3.05) is 0 Å². The molecule has 4 aromatic rings. The predicted molar refractivity (Wildman–Crippen MR) is 94.5 cm³/mol. The van der Waals surface area contributed by atoms with Gasteiger partial charge in [0.2, 0.25) is 0 Å². The van der Waals surface area contributed by atoms with Gasteiger partial charge >= 0.3 is 0 Å². The third-order valence-electron chi connectivity index (χ3n) is 4.72. The highest BCUT2D eigenvalue weighted by molar-refractivity contribution is 6.23. The van der Waals surface area contributed by atoms with E-state index < -0.39 is 0 Å². The minimum absolute atomic E-state index is 0.00920.